The zero-order valence-electron chi connectivity index (χ0n) is 10.4. The van der Waals surface area contributed by atoms with Crippen molar-refractivity contribution < 1.29 is 4.39 Å². The van der Waals surface area contributed by atoms with E-state index in [1.54, 1.807) is 12.1 Å². The van der Waals surface area contributed by atoms with Gasteiger partial charge in [0.05, 0.1) is 4.47 Å². The number of hydrogen-bond acceptors (Lipinski definition) is 1. The molecular formula is C16H15BrFN. The third-order valence-corrected chi connectivity index (χ3v) is 4.21. The Bertz CT molecular complexity index is 570. The van der Waals surface area contributed by atoms with Gasteiger partial charge in [-0.2, -0.15) is 0 Å². The number of benzene rings is 2. The maximum absolute atomic E-state index is 13.4. The SMILES string of the molecule is Fc1cc(CNC2CC2c2ccccc2)ccc1Br. The number of nitrogens with one attached hydrogen (secondary N) is 1. The zero-order valence-corrected chi connectivity index (χ0v) is 12.0. The molecule has 2 atom stereocenters. The summed E-state index contributed by atoms with van der Waals surface area (Å²) >= 11 is 3.17. The van der Waals surface area contributed by atoms with Crippen LogP contribution in [0.25, 0.3) is 0 Å². The molecule has 0 amide bonds. The number of hydrogen-bond donors (Lipinski definition) is 1. The minimum absolute atomic E-state index is 0.199. The molecule has 2 aromatic rings. The maximum atomic E-state index is 13.4. The van der Waals surface area contributed by atoms with Gasteiger partial charge in [0, 0.05) is 18.5 Å². The molecule has 1 aliphatic carbocycles. The van der Waals surface area contributed by atoms with Gasteiger partial charge in [0.1, 0.15) is 5.82 Å². The summed E-state index contributed by atoms with van der Waals surface area (Å²) in [5.41, 5.74) is 2.38. The van der Waals surface area contributed by atoms with Crippen molar-refractivity contribution in [1.29, 1.82) is 0 Å². The monoisotopic (exact) mass is 319 g/mol. The van der Waals surface area contributed by atoms with E-state index in [2.05, 4.69) is 45.5 Å². The first-order chi connectivity index (χ1) is 9.24. The minimum atomic E-state index is -0.199. The predicted octanol–water partition coefficient (Wildman–Crippen LogP) is 4.23. The first kappa shape index (κ1) is 12.8. The molecule has 1 nitrogen and oxygen atoms in total. The molecule has 1 N–H and O–H groups in total. The quantitative estimate of drug-likeness (QED) is 0.889. The van der Waals surface area contributed by atoms with Crippen molar-refractivity contribution >= 4 is 15.9 Å². The van der Waals surface area contributed by atoms with Gasteiger partial charge in [0.15, 0.2) is 0 Å². The average molecular weight is 320 g/mol. The molecule has 19 heavy (non-hydrogen) atoms. The van der Waals surface area contributed by atoms with Crippen LogP contribution in [0.3, 0.4) is 0 Å². The standard InChI is InChI=1S/C16H15BrFN/c17-14-7-6-11(8-15(14)18)10-19-16-9-13(16)12-4-2-1-3-5-12/h1-8,13,16,19H,9-10H2. The lowest BCUT2D eigenvalue weighted by Crippen LogP contribution is -2.17. The Morgan fingerprint density at radius 2 is 1.95 bits per heavy atom. The van der Waals surface area contributed by atoms with Gasteiger partial charge in [-0.05, 0) is 45.6 Å². The fourth-order valence-electron chi connectivity index (χ4n) is 2.39. The maximum Gasteiger partial charge on any atom is 0.137 e. The van der Waals surface area contributed by atoms with E-state index in [4.69, 9.17) is 0 Å². The van der Waals surface area contributed by atoms with Crippen LogP contribution in [0.1, 0.15) is 23.5 Å². The molecule has 1 aliphatic rings. The molecule has 1 saturated carbocycles. The second kappa shape index (κ2) is 5.43. The van der Waals surface area contributed by atoms with E-state index in [0.29, 0.717) is 16.4 Å². The average Bonchev–Trinajstić information content (AvgIpc) is 3.21. The summed E-state index contributed by atoms with van der Waals surface area (Å²) in [6, 6.07) is 16.3. The molecule has 3 heteroatoms. The van der Waals surface area contributed by atoms with Gasteiger partial charge < -0.3 is 5.32 Å². The second-order valence-corrected chi connectivity index (χ2v) is 5.84. The van der Waals surface area contributed by atoms with E-state index in [1.807, 2.05) is 12.1 Å². The van der Waals surface area contributed by atoms with Crippen LogP contribution in [0.5, 0.6) is 0 Å². The van der Waals surface area contributed by atoms with Crippen LogP contribution in [0.15, 0.2) is 53.0 Å². The molecule has 0 aliphatic heterocycles. The van der Waals surface area contributed by atoms with Crippen molar-refractivity contribution in [2.24, 2.45) is 0 Å². The molecule has 2 unspecified atom stereocenters. The van der Waals surface area contributed by atoms with Crippen molar-refractivity contribution in [3.05, 3.63) is 69.9 Å². The van der Waals surface area contributed by atoms with E-state index in [-0.39, 0.29) is 5.82 Å². The Morgan fingerprint density at radius 1 is 1.16 bits per heavy atom. The van der Waals surface area contributed by atoms with Crippen LogP contribution in [0, 0.1) is 5.82 Å². The summed E-state index contributed by atoms with van der Waals surface area (Å²) in [4.78, 5) is 0. The molecule has 1 fully saturated rings. The highest BCUT2D eigenvalue weighted by molar-refractivity contribution is 9.10. The van der Waals surface area contributed by atoms with E-state index in [1.165, 1.54) is 12.0 Å². The topological polar surface area (TPSA) is 12.0 Å². The van der Waals surface area contributed by atoms with Gasteiger partial charge >= 0.3 is 0 Å². The summed E-state index contributed by atoms with van der Waals surface area (Å²) in [5, 5.41) is 3.49. The van der Waals surface area contributed by atoms with Gasteiger partial charge in [0.2, 0.25) is 0 Å². The minimum Gasteiger partial charge on any atom is -0.309 e. The Morgan fingerprint density at radius 3 is 2.68 bits per heavy atom. The van der Waals surface area contributed by atoms with Crippen LogP contribution < -0.4 is 5.32 Å². The first-order valence-electron chi connectivity index (χ1n) is 6.46. The van der Waals surface area contributed by atoms with Crippen LogP contribution in [0.2, 0.25) is 0 Å². The molecular weight excluding hydrogens is 305 g/mol. The van der Waals surface area contributed by atoms with Crippen molar-refractivity contribution in [2.75, 3.05) is 0 Å². The van der Waals surface area contributed by atoms with Gasteiger partial charge in [-0.15, -0.1) is 0 Å². The summed E-state index contributed by atoms with van der Waals surface area (Å²) in [6.45, 7) is 0.720. The lowest BCUT2D eigenvalue weighted by Gasteiger charge is -2.05. The summed E-state index contributed by atoms with van der Waals surface area (Å²) in [6.07, 6.45) is 1.17. The molecule has 98 valence electrons. The van der Waals surface area contributed by atoms with Gasteiger partial charge in [-0.3, -0.25) is 0 Å². The lowest BCUT2D eigenvalue weighted by molar-refractivity contribution is 0.612. The van der Waals surface area contributed by atoms with Gasteiger partial charge in [0.25, 0.3) is 0 Å². The summed E-state index contributed by atoms with van der Waals surface area (Å²) < 4.78 is 13.9. The van der Waals surface area contributed by atoms with Crippen LogP contribution in [0.4, 0.5) is 4.39 Å². The smallest absolute Gasteiger partial charge is 0.137 e. The Kier molecular flexibility index (Phi) is 3.67. The molecule has 0 spiro atoms. The molecule has 3 rings (SSSR count). The molecule has 0 heterocycles. The van der Waals surface area contributed by atoms with Crippen molar-refractivity contribution in [2.45, 2.75) is 24.9 Å². The van der Waals surface area contributed by atoms with Crippen LogP contribution in [-0.4, -0.2) is 6.04 Å². The van der Waals surface area contributed by atoms with E-state index in [0.717, 1.165) is 12.1 Å². The lowest BCUT2D eigenvalue weighted by atomic mass is 10.1. The molecule has 0 aromatic heterocycles. The fourth-order valence-corrected chi connectivity index (χ4v) is 2.63. The third kappa shape index (κ3) is 3.04. The fraction of sp³-hybridized carbons (Fsp3) is 0.250. The Labute approximate surface area is 121 Å². The Hall–Kier alpha value is -1.19. The van der Waals surface area contributed by atoms with Crippen molar-refractivity contribution in [1.82, 2.24) is 5.32 Å². The number of halogens is 2. The summed E-state index contributed by atoms with van der Waals surface area (Å²) in [5.74, 6) is 0.413. The van der Waals surface area contributed by atoms with Gasteiger partial charge in [-0.25, -0.2) is 4.39 Å². The highest BCUT2D eigenvalue weighted by Crippen LogP contribution is 2.40. The van der Waals surface area contributed by atoms with Crippen molar-refractivity contribution in [3.8, 4) is 0 Å². The molecule has 0 bridgehead atoms. The molecule has 0 radical (unpaired) electrons. The predicted molar refractivity (Wildman–Crippen MR) is 78.5 cm³/mol. The molecule has 2 aromatic carbocycles. The number of rotatable bonds is 4. The van der Waals surface area contributed by atoms with Crippen LogP contribution >= 0.6 is 15.9 Å². The van der Waals surface area contributed by atoms with E-state index >= 15 is 0 Å². The third-order valence-electron chi connectivity index (χ3n) is 3.57. The highest BCUT2D eigenvalue weighted by Gasteiger charge is 2.37. The Balaban J connectivity index is 1.56. The zero-order chi connectivity index (χ0) is 13.2. The largest absolute Gasteiger partial charge is 0.309 e. The van der Waals surface area contributed by atoms with Crippen molar-refractivity contribution in [3.63, 3.8) is 0 Å². The highest BCUT2D eigenvalue weighted by atomic mass is 79.9. The summed E-state index contributed by atoms with van der Waals surface area (Å²) in [7, 11) is 0. The normalized spacial score (nSPS) is 21.4. The van der Waals surface area contributed by atoms with E-state index in [9.17, 15) is 4.39 Å². The van der Waals surface area contributed by atoms with Crippen LogP contribution in [-0.2, 0) is 6.54 Å². The molecule has 0 saturated heterocycles. The van der Waals surface area contributed by atoms with E-state index < -0.39 is 0 Å². The van der Waals surface area contributed by atoms with Gasteiger partial charge in [-0.1, -0.05) is 36.4 Å². The first-order valence-corrected chi connectivity index (χ1v) is 7.25. The second-order valence-electron chi connectivity index (χ2n) is 4.99.